The van der Waals surface area contributed by atoms with Crippen molar-refractivity contribution in [1.29, 1.82) is 5.26 Å². The summed E-state index contributed by atoms with van der Waals surface area (Å²) in [6, 6.07) is 6.24. The third kappa shape index (κ3) is 1.86. The van der Waals surface area contributed by atoms with E-state index in [2.05, 4.69) is 18.3 Å². The Morgan fingerprint density at radius 1 is 1.75 bits per heavy atom. The van der Waals surface area contributed by atoms with E-state index in [1.165, 1.54) is 0 Å². The number of rotatable bonds is 3. The van der Waals surface area contributed by atoms with Gasteiger partial charge >= 0.3 is 0 Å². The van der Waals surface area contributed by atoms with Gasteiger partial charge < -0.3 is 9.88 Å². The number of hydrogen-bond donors (Lipinski definition) is 1. The number of likely N-dealkylation sites (N-methyl/N-ethyl adjacent to an activating group) is 1. The molecule has 1 aromatic heterocycles. The first-order chi connectivity index (χ1) is 5.77. The number of hydrogen-bond acceptors (Lipinski definition) is 2. The van der Waals surface area contributed by atoms with E-state index in [9.17, 15) is 0 Å². The highest BCUT2D eigenvalue weighted by atomic mass is 15.0. The lowest BCUT2D eigenvalue weighted by Gasteiger charge is -2.11. The molecule has 0 aliphatic heterocycles. The SMILES string of the molecule is CNC(C)Cn1cccc1C#N. The number of aromatic nitrogens is 1. The van der Waals surface area contributed by atoms with E-state index >= 15 is 0 Å². The van der Waals surface area contributed by atoms with Gasteiger partial charge in [0.1, 0.15) is 11.8 Å². The first-order valence-electron chi connectivity index (χ1n) is 4.00. The number of nitrogens with zero attached hydrogens (tertiary/aromatic N) is 2. The number of nitrogens with one attached hydrogen (secondary N) is 1. The molecule has 0 fully saturated rings. The molecule has 1 aromatic rings. The zero-order valence-electron chi connectivity index (χ0n) is 7.41. The van der Waals surface area contributed by atoms with Crippen LogP contribution in [-0.4, -0.2) is 17.7 Å². The summed E-state index contributed by atoms with van der Waals surface area (Å²) in [6.07, 6.45) is 1.92. The van der Waals surface area contributed by atoms with Gasteiger partial charge in [0.05, 0.1) is 0 Å². The Morgan fingerprint density at radius 2 is 2.50 bits per heavy atom. The van der Waals surface area contributed by atoms with Gasteiger partial charge in [0, 0.05) is 18.8 Å². The average Bonchev–Trinajstić information content (AvgIpc) is 2.51. The molecule has 0 radical (unpaired) electrons. The maximum Gasteiger partial charge on any atom is 0.120 e. The topological polar surface area (TPSA) is 40.8 Å². The second-order valence-electron chi connectivity index (χ2n) is 2.85. The largest absolute Gasteiger partial charge is 0.338 e. The van der Waals surface area contributed by atoms with E-state index in [4.69, 9.17) is 5.26 Å². The lowest BCUT2D eigenvalue weighted by molar-refractivity contribution is 0.514. The van der Waals surface area contributed by atoms with Crippen LogP contribution in [0.1, 0.15) is 12.6 Å². The monoisotopic (exact) mass is 163 g/mol. The van der Waals surface area contributed by atoms with Gasteiger partial charge in [-0.3, -0.25) is 0 Å². The molecule has 0 saturated heterocycles. The van der Waals surface area contributed by atoms with Crippen molar-refractivity contribution in [2.24, 2.45) is 0 Å². The zero-order chi connectivity index (χ0) is 8.97. The van der Waals surface area contributed by atoms with Crippen LogP contribution in [0.15, 0.2) is 18.3 Å². The predicted molar refractivity (Wildman–Crippen MR) is 47.7 cm³/mol. The van der Waals surface area contributed by atoms with Crippen molar-refractivity contribution < 1.29 is 0 Å². The minimum atomic E-state index is 0.393. The van der Waals surface area contributed by atoms with Gasteiger partial charge in [-0.2, -0.15) is 5.26 Å². The van der Waals surface area contributed by atoms with Gasteiger partial charge in [-0.15, -0.1) is 0 Å². The Bertz CT molecular complexity index is 282. The molecule has 0 aromatic carbocycles. The van der Waals surface area contributed by atoms with Crippen LogP contribution >= 0.6 is 0 Å². The fourth-order valence-corrected chi connectivity index (χ4v) is 1.06. The Kier molecular flexibility index (Phi) is 2.89. The summed E-state index contributed by atoms with van der Waals surface area (Å²) in [4.78, 5) is 0. The molecule has 0 bridgehead atoms. The Balaban J connectivity index is 2.69. The summed E-state index contributed by atoms with van der Waals surface area (Å²) in [5.41, 5.74) is 0.720. The van der Waals surface area contributed by atoms with Crippen LogP contribution in [0, 0.1) is 11.3 Å². The van der Waals surface area contributed by atoms with E-state index in [1.54, 1.807) is 0 Å². The van der Waals surface area contributed by atoms with Crippen molar-refractivity contribution in [3.05, 3.63) is 24.0 Å². The first-order valence-corrected chi connectivity index (χ1v) is 4.00. The highest BCUT2D eigenvalue weighted by molar-refractivity contribution is 5.21. The standard InChI is InChI=1S/C9H13N3/c1-8(11-2)7-12-5-3-4-9(12)6-10/h3-5,8,11H,7H2,1-2H3. The molecular weight excluding hydrogens is 150 g/mol. The molecule has 0 saturated carbocycles. The normalized spacial score (nSPS) is 12.4. The minimum absolute atomic E-state index is 0.393. The fourth-order valence-electron chi connectivity index (χ4n) is 1.06. The van der Waals surface area contributed by atoms with Crippen molar-refractivity contribution in [2.45, 2.75) is 19.5 Å². The lowest BCUT2D eigenvalue weighted by Crippen LogP contribution is -2.26. The van der Waals surface area contributed by atoms with E-state index in [0.29, 0.717) is 6.04 Å². The molecule has 1 heterocycles. The van der Waals surface area contributed by atoms with Crippen LogP contribution < -0.4 is 5.32 Å². The molecule has 64 valence electrons. The zero-order valence-corrected chi connectivity index (χ0v) is 7.41. The molecule has 3 heteroatoms. The fraction of sp³-hybridized carbons (Fsp3) is 0.444. The van der Waals surface area contributed by atoms with Crippen LogP contribution in [0.3, 0.4) is 0 Å². The van der Waals surface area contributed by atoms with Gasteiger partial charge in [-0.25, -0.2) is 0 Å². The summed E-state index contributed by atoms with van der Waals surface area (Å²) in [6.45, 7) is 2.92. The van der Waals surface area contributed by atoms with E-state index < -0.39 is 0 Å². The van der Waals surface area contributed by atoms with Gasteiger partial charge in [0.2, 0.25) is 0 Å². The average molecular weight is 163 g/mol. The van der Waals surface area contributed by atoms with Gasteiger partial charge in [0.25, 0.3) is 0 Å². The van der Waals surface area contributed by atoms with Crippen molar-refractivity contribution in [3.63, 3.8) is 0 Å². The van der Waals surface area contributed by atoms with Crippen molar-refractivity contribution in [2.75, 3.05) is 7.05 Å². The highest BCUT2D eigenvalue weighted by Crippen LogP contribution is 2.01. The summed E-state index contributed by atoms with van der Waals surface area (Å²) >= 11 is 0. The van der Waals surface area contributed by atoms with Crippen LogP contribution in [0.25, 0.3) is 0 Å². The first kappa shape index (κ1) is 8.82. The minimum Gasteiger partial charge on any atom is -0.338 e. The van der Waals surface area contributed by atoms with E-state index in [1.807, 2.05) is 29.9 Å². The third-order valence-corrected chi connectivity index (χ3v) is 1.91. The Morgan fingerprint density at radius 3 is 3.08 bits per heavy atom. The van der Waals surface area contributed by atoms with Crippen LogP contribution in [0.5, 0.6) is 0 Å². The van der Waals surface area contributed by atoms with E-state index in [-0.39, 0.29) is 0 Å². The summed E-state index contributed by atoms with van der Waals surface area (Å²) < 4.78 is 1.95. The molecule has 3 nitrogen and oxygen atoms in total. The van der Waals surface area contributed by atoms with Gasteiger partial charge in [-0.1, -0.05) is 0 Å². The summed E-state index contributed by atoms with van der Waals surface area (Å²) in [5, 5.41) is 11.8. The molecule has 0 aliphatic carbocycles. The van der Waals surface area contributed by atoms with Crippen LogP contribution in [0.4, 0.5) is 0 Å². The van der Waals surface area contributed by atoms with Gasteiger partial charge in [-0.05, 0) is 26.1 Å². The smallest absolute Gasteiger partial charge is 0.120 e. The molecule has 12 heavy (non-hydrogen) atoms. The quantitative estimate of drug-likeness (QED) is 0.721. The molecule has 1 atom stereocenters. The summed E-state index contributed by atoms with van der Waals surface area (Å²) in [7, 11) is 1.92. The molecule has 0 spiro atoms. The van der Waals surface area contributed by atoms with Gasteiger partial charge in [0.15, 0.2) is 0 Å². The molecule has 0 amide bonds. The second kappa shape index (κ2) is 3.93. The third-order valence-electron chi connectivity index (χ3n) is 1.91. The molecule has 0 aliphatic rings. The lowest BCUT2D eigenvalue weighted by atomic mass is 10.3. The molecular formula is C9H13N3. The van der Waals surface area contributed by atoms with Crippen molar-refractivity contribution in [3.8, 4) is 6.07 Å². The Labute approximate surface area is 72.6 Å². The Hall–Kier alpha value is -1.27. The van der Waals surface area contributed by atoms with Crippen molar-refractivity contribution >= 4 is 0 Å². The maximum atomic E-state index is 8.70. The highest BCUT2D eigenvalue weighted by Gasteiger charge is 2.02. The van der Waals surface area contributed by atoms with Crippen LogP contribution in [-0.2, 0) is 6.54 Å². The van der Waals surface area contributed by atoms with Crippen molar-refractivity contribution in [1.82, 2.24) is 9.88 Å². The predicted octanol–water partition coefficient (Wildman–Crippen LogP) is 0.968. The molecule has 1 unspecified atom stereocenters. The maximum absolute atomic E-state index is 8.70. The molecule has 1 N–H and O–H groups in total. The molecule has 1 rings (SSSR count). The number of nitriles is 1. The van der Waals surface area contributed by atoms with Crippen LogP contribution in [0.2, 0.25) is 0 Å². The second-order valence-corrected chi connectivity index (χ2v) is 2.85. The summed E-state index contributed by atoms with van der Waals surface area (Å²) in [5.74, 6) is 0. The van der Waals surface area contributed by atoms with E-state index in [0.717, 1.165) is 12.2 Å².